The van der Waals surface area contributed by atoms with Gasteiger partial charge in [0.15, 0.2) is 0 Å². The Hall–Kier alpha value is -3.04. The highest BCUT2D eigenvalue weighted by atomic mass is 19.4. The number of carbonyl (C=O) groups is 1. The van der Waals surface area contributed by atoms with Crippen LogP contribution in [-0.4, -0.2) is 34.8 Å². The second-order valence-electron chi connectivity index (χ2n) is 10.0. The fourth-order valence-electron chi connectivity index (χ4n) is 4.97. The van der Waals surface area contributed by atoms with E-state index in [1.54, 1.807) is 0 Å². The second kappa shape index (κ2) is 10.1. The van der Waals surface area contributed by atoms with Gasteiger partial charge in [0, 0.05) is 25.1 Å². The molecule has 2 atom stereocenters. The number of pyridine rings is 1. The van der Waals surface area contributed by atoms with Gasteiger partial charge in [0.05, 0.1) is 16.7 Å². The van der Waals surface area contributed by atoms with Crippen LogP contribution in [0.3, 0.4) is 0 Å². The van der Waals surface area contributed by atoms with Gasteiger partial charge in [-0.25, -0.2) is 4.98 Å². The molecule has 2 heterocycles. The van der Waals surface area contributed by atoms with Crippen molar-refractivity contribution < 1.29 is 62.6 Å². The summed E-state index contributed by atoms with van der Waals surface area (Å²) in [7, 11) is 0. The maximum absolute atomic E-state index is 14.5. The van der Waals surface area contributed by atoms with Crippen molar-refractivity contribution in [2.24, 2.45) is 5.92 Å². The van der Waals surface area contributed by atoms with Gasteiger partial charge in [-0.15, -0.1) is 0 Å². The first kappa shape index (κ1) is 30.9. The van der Waals surface area contributed by atoms with E-state index in [0.717, 1.165) is 0 Å². The van der Waals surface area contributed by atoms with Gasteiger partial charge in [-0.3, -0.25) is 4.79 Å². The minimum absolute atomic E-state index is 0.163. The van der Waals surface area contributed by atoms with Crippen LogP contribution in [0.1, 0.15) is 53.5 Å². The maximum atomic E-state index is 14.5. The first-order valence-electron chi connectivity index (χ1n) is 12.1. The van der Waals surface area contributed by atoms with Crippen LogP contribution in [0.2, 0.25) is 0 Å². The molecule has 41 heavy (non-hydrogen) atoms. The molecule has 1 saturated heterocycles. The van der Waals surface area contributed by atoms with Gasteiger partial charge in [0.25, 0.3) is 0 Å². The summed E-state index contributed by atoms with van der Waals surface area (Å²) in [5, 5.41) is 10.8. The third-order valence-corrected chi connectivity index (χ3v) is 7.34. The van der Waals surface area contributed by atoms with Crippen LogP contribution in [0, 0.1) is 5.92 Å². The van der Waals surface area contributed by atoms with Crippen LogP contribution in [-0.2, 0) is 35.2 Å². The molecule has 0 bridgehead atoms. The van der Waals surface area contributed by atoms with E-state index in [1.807, 2.05) is 0 Å². The average molecular weight is 608 g/mol. The molecule has 0 radical (unpaired) electrons. The first-order valence-corrected chi connectivity index (χ1v) is 12.1. The number of rotatable bonds is 6. The summed E-state index contributed by atoms with van der Waals surface area (Å²) in [6, 6.07) is -0.371. The molecule has 2 aliphatic rings. The third kappa shape index (κ3) is 5.97. The number of aliphatic hydroxyl groups is 1. The molecule has 4 nitrogen and oxygen atoms in total. The predicted octanol–water partition coefficient (Wildman–Crippen LogP) is 7.08. The minimum atomic E-state index is -5.65. The highest BCUT2D eigenvalue weighted by molar-refractivity contribution is 5.83. The Labute approximate surface area is 224 Å². The molecule has 0 amide bonds. The van der Waals surface area contributed by atoms with Crippen molar-refractivity contribution in [2.75, 3.05) is 11.4 Å². The Balaban J connectivity index is 1.78. The predicted molar refractivity (Wildman–Crippen MR) is 117 cm³/mol. The minimum Gasteiger partial charge on any atom is -0.372 e. The van der Waals surface area contributed by atoms with E-state index in [-0.39, 0.29) is 42.7 Å². The number of ketones is 1. The molecule has 2 fully saturated rings. The number of alkyl halides is 12. The fraction of sp³-hybridized carbons (Fsp3) is 0.520. The third-order valence-electron chi connectivity index (χ3n) is 7.34. The van der Waals surface area contributed by atoms with Crippen molar-refractivity contribution in [3.8, 4) is 0 Å². The van der Waals surface area contributed by atoms with Crippen LogP contribution in [0.4, 0.5) is 58.5 Å². The van der Waals surface area contributed by atoms with E-state index in [2.05, 4.69) is 4.98 Å². The zero-order valence-electron chi connectivity index (χ0n) is 20.6. The van der Waals surface area contributed by atoms with Crippen molar-refractivity contribution in [3.63, 3.8) is 0 Å². The molecular weight excluding hydrogens is 588 g/mol. The molecule has 1 N–H and O–H groups in total. The monoisotopic (exact) mass is 608 g/mol. The maximum Gasteiger partial charge on any atom is 0.416 e. The number of aromatic nitrogens is 1. The number of anilines is 1. The van der Waals surface area contributed by atoms with Crippen molar-refractivity contribution in [1.29, 1.82) is 0 Å². The number of Topliss-reactive ketones (excluding diaryl/α,β-unsaturated/α-hetero) is 1. The summed E-state index contributed by atoms with van der Waals surface area (Å²) in [6.45, 7) is -0.915. The Morgan fingerprint density at radius 1 is 0.878 bits per heavy atom. The zero-order chi connectivity index (χ0) is 30.8. The summed E-state index contributed by atoms with van der Waals surface area (Å²) >= 11 is 0. The lowest BCUT2D eigenvalue weighted by Gasteiger charge is -2.37. The first-order chi connectivity index (χ1) is 18.7. The molecule has 2 aromatic rings. The molecule has 1 aliphatic carbocycles. The van der Waals surface area contributed by atoms with Crippen molar-refractivity contribution in [3.05, 3.63) is 58.3 Å². The van der Waals surface area contributed by atoms with E-state index in [0.29, 0.717) is 30.0 Å². The Morgan fingerprint density at radius 3 is 1.90 bits per heavy atom. The van der Waals surface area contributed by atoms with Gasteiger partial charge in [0.2, 0.25) is 0 Å². The van der Waals surface area contributed by atoms with Gasteiger partial charge in [0.1, 0.15) is 23.2 Å². The summed E-state index contributed by atoms with van der Waals surface area (Å²) in [5.74, 6) is -1.33. The topological polar surface area (TPSA) is 53.4 Å². The van der Waals surface area contributed by atoms with E-state index < -0.39 is 82.9 Å². The van der Waals surface area contributed by atoms with E-state index >= 15 is 0 Å². The summed E-state index contributed by atoms with van der Waals surface area (Å²) < 4.78 is 165. The number of hydrogen-bond donors (Lipinski definition) is 1. The van der Waals surface area contributed by atoms with E-state index in [4.69, 9.17) is 0 Å². The van der Waals surface area contributed by atoms with Crippen LogP contribution in [0.5, 0.6) is 0 Å². The number of halogens is 12. The summed E-state index contributed by atoms with van der Waals surface area (Å²) in [4.78, 5) is 16.0. The second-order valence-corrected chi connectivity index (χ2v) is 10.0. The molecule has 2 unspecified atom stereocenters. The lowest BCUT2D eigenvalue weighted by atomic mass is 9.76. The Kier molecular flexibility index (Phi) is 7.58. The highest BCUT2D eigenvalue weighted by Gasteiger charge is 2.65. The fourth-order valence-corrected chi connectivity index (χ4v) is 4.97. The molecule has 1 saturated carbocycles. The normalized spacial score (nSPS) is 22.4. The molecule has 1 aliphatic heterocycles. The molecule has 1 aromatic carbocycles. The Bertz CT molecular complexity index is 1280. The van der Waals surface area contributed by atoms with Crippen molar-refractivity contribution >= 4 is 11.6 Å². The van der Waals surface area contributed by atoms with E-state index in [1.165, 1.54) is 0 Å². The van der Waals surface area contributed by atoms with Crippen LogP contribution >= 0.6 is 0 Å². The number of nitrogens with zero attached hydrogens (tertiary/aromatic N) is 2. The molecule has 0 spiro atoms. The molecular formula is C25H20F12N2O2. The number of aryl methyl sites for hydroxylation is 1. The molecule has 16 heteroatoms. The van der Waals surface area contributed by atoms with E-state index in [9.17, 15) is 62.6 Å². The number of carbonyl (C=O) groups excluding carboxylic acids is 1. The van der Waals surface area contributed by atoms with Gasteiger partial charge in [-0.1, -0.05) is 0 Å². The number of aliphatic hydroxyl groups excluding tert-OH is 1. The Morgan fingerprint density at radius 2 is 1.44 bits per heavy atom. The summed E-state index contributed by atoms with van der Waals surface area (Å²) in [6.07, 6.45) is -24.7. The SMILES string of the molecule is O=C(CCc1cnc(N2CCC(c3cc(C(F)(F)F)cc(C(F)(F)F)c3)(C(F)(F)F)C2O)cc1C(F)(F)F)C1CC1. The van der Waals surface area contributed by atoms with Crippen LogP contribution in [0.25, 0.3) is 0 Å². The highest BCUT2D eigenvalue weighted by Crippen LogP contribution is 2.53. The number of benzene rings is 1. The lowest BCUT2D eigenvalue weighted by molar-refractivity contribution is -0.211. The van der Waals surface area contributed by atoms with Crippen LogP contribution in [0.15, 0.2) is 30.5 Å². The molecule has 1 aromatic heterocycles. The van der Waals surface area contributed by atoms with Gasteiger partial charge < -0.3 is 10.0 Å². The smallest absolute Gasteiger partial charge is 0.372 e. The quantitative estimate of drug-likeness (QED) is 0.357. The summed E-state index contributed by atoms with van der Waals surface area (Å²) in [5.41, 5.74) is -11.2. The van der Waals surface area contributed by atoms with Gasteiger partial charge >= 0.3 is 24.7 Å². The standard InChI is InChI=1S/C25H20F12N2O2/c26-22(27,28)15-7-14(8-16(9-15)23(29,30)31)21(25(35,36)37)5-6-39(20(21)41)19-10-17(24(32,33)34)13(11-38-19)3-4-18(40)12-1-2-12/h7-12,20,41H,1-6H2. The van der Waals surface area contributed by atoms with Gasteiger partial charge in [-0.05, 0) is 61.1 Å². The van der Waals surface area contributed by atoms with Gasteiger partial charge in [-0.2, -0.15) is 52.7 Å². The molecule has 226 valence electrons. The van der Waals surface area contributed by atoms with Crippen LogP contribution < -0.4 is 4.90 Å². The van der Waals surface area contributed by atoms with Crippen molar-refractivity contribution in [2.45, 2.75) is 68.5 Å². The lowest BCUT2D eigenvalue weighted by Crippen LogP contribution is -2.52. The number of hydrogen-bond acceptors (Lipinski definition) is 4. The van der Waals surface area contributed by atoms with Crippen molar-refractivity contribution in [1.82, 2.24) is 4.98 Å². The zero-order valence-corrected chi connectivity index (χ0v) is 20.6. The average Bonchev–Trinajstić information content (AvgIpc) is 3.62. The molecule has 4 rings (SSSR count). The largest absolute Gasteiger partial charge is 0.416 e.